The number of hydrogen-bond acceptors (Lipinski definition) is 3. The number of H-pyrrole nitrogens is 1. The monoisotopic (exact) mass is 246 g/mol. The van der Waals surface area contributed by atoms with Crippen LogP contribution in [0.1, 0.15) is 18.0 Å². The van der Waals surface area contributed by atoms with Crippen molar-refractivity contribution >= 4 is 10.9 Å². The predicted molar refractivity (Wildman–Crippen MR) is 71.0 cm³/mol. The van der Waals surface area contributed by atoms with Crippen molar-refractivity contribution in [1.82, 2.24) is 10.3 Å². The minimum atomic E-state index is 0.331. The zero-order valence-corrected chi connectivity index (χ0v) is 10.5. The summed E-state index contributed by atoms with van der Waals surface area (Å²) in [4.78, 5) is 3.32. The molecule has 1 fully saturated rings. The number of aromatic nitrogens is 1. The molecule has 4 heteroatoms. The molecule has 0 spiro atoms. The lowest BCUT2D eigenvalue weighted by Crippen LogP contribution is -2.21. The zero-order valence-electron chi connectivity index (χ0n) is 10.5. The van der Waals surface area contributed by atoms with Gasteiger partial charge in [0.1, 0.15) is 5.75 Å². The molecule has 1 aromatic carbocycles. The van der Waals surface area contributed by atoms with Crippen molar-refractivity contribution in [3.63, 3.8) is 0 Å². The molecule has 18 heavy (non-hydrogen) atoms. The molecule has 96 valence electrons. The van der Waals surface area contributed by atoms with E-state index in [0.717, 1.165) is 37.4 Å². The average Bonchev–Trinajstić information content (AvgIpc) is 2.66. The van der Waals surface area contributed by atoms with Crippen LogP contribution in [-0.2, 0) is 4.74 Å². The van der Waals surface area contributed by atoms with Gasteiger partial charge in [0.05, 0.1) is 13.7 Å². The predicted octanol–water partition coefficient (Wildman–Crippen LogP) is 2.23. The smallest absolute Gasteiger partial charge is 0.128 e. The first-order chi connectivity index (χ1) is 8.90. The van der Waals surface area contributed by atoms with Crippen molar-refractivity contribution in [2.45, 2.75) is 12.5 Å². The van der Waals surface area contributed by atoms with Gasteiger partial charge in [-0.25, -0.2) is 0 Å². The average molecular weight is 246 g/mol. The molecule has 2 aromatic rings. The van der Waals surface area contributed by atoms with Gasteiger partial charge in [-0.3, -0.25) is 0 Å². The molecule has 0 saturated carbocycles. The van der Waals surface area contributed by atoms with Crippen LogP contribution in [0.25, 0.3) is 10.9 Å². The van der Waals surface area contributed by atoms with E-state index in [1.165, 1.54) is 10.9 Å². The molecular weight excluding hydrogens is 228 g/mol. The Bertz CT molecular complexity index is 528. The van der Waals surface area contributed by atoms with Crippen molar-refractivity contribution in [3.05, 3.63) is 30.0 Å². The highest BCUT2D eigenvalue weighted by Gasteiger charge is 2.19. The molecule has 2 heterocycles. The van der Waals surface area contributed by atoms with E-state index in [1.807, 2.05) is 12.1 Å². The Morgan fingerprint density at radius 2 is 2.28 bits per heavy atom. The van der Waals surface area contributed by atoms with E-state index >= 15 is 0 Å². The molecule has 2 N–H and O–H groups in total. The number of fused-ring (bicyclic) bond motifs is 1. The van der Waals surface area contributed by atoms with Crippen LogP contribution in [0.2, 0.25) is 0 Å². The van der Waals surface area contributed by atoms with E-state index in [0.29, 0.717) is 6.04 Å². The third-order valence-electron chi connectivity index (χ3n) is 3.48. The van der Waals surface area contributed by atoms with Gasteiger partial charge in [0.15, 0.2) is 0 Å². The second-order valence-corrected chi connectivity index (χ2v) is 4.53. The van der Waals surface area contributed by atoms with Crippen LogP contribution in [0, 0.1) is 0 Å². The van der Waals surface area contributed by atoms with Crippen molar-refractivity contribution in [1.29, 1.82) is 0 Å². The lowest BCUT2D eigenvalue weighted by Gasteiger charge is -2.15. The van der Waals surface area contributed by atoms with Gasteiger partial charge in [-0.15, -0.1) is 0 Å². The maximum atomic E-state index is 5.49. The number of aromatic amines is 1. The summed E-state index contributed by atoms with van der Waals surface area (Å²) >= 11 is 0. The Kier molecular flexibility index (Phi) is 3.21. The van der Waals surface area contributed by atoms with Gasteiger partial charge >= 0.3 is 0 Å². The maximum Gasteiger partial charge on any atom is 0.128 e. The lowest BCUT2D eigenvalue weighted by molar-refractivity contribution is 0.150. The highest BCUT2D eigenvalue weighted by molar-refractivity contribution is 5.89. The largest absolute Gasteiger partial charge is 0.496 e. The van der Waals surface area contributed by atoms with Crippen LogP contribution in [0.3, 0.4) is 0 Å². The van der Waals surface area contributed by atoms with E-state index in [1.54, 1.807) is 7.11 Å². The van der Waals surface area contributed by atoms with Gasteiger partial charge in [0.2, 0.25) is 0 Å². The van der Waals surface area contributed by atoms with Gasteiger partial charge in [-0.2, -0.15) is 0 Å². The molecule has 4 nitrogen and oxygen atoms in total. The highest BCUT2D eigenvalue weighted by atomic mass is 16.5. The quantitative estimate of drug-likeness (QED) is 0.854. The summed E-state index contributed by atoms with van der Waals surface area (Å²) in [7, 11) is 1.72. The van der Waals surface area contributed by atoms with Crippen LogP contribution in [0.5, 0.6) is 5.75 Å². The fraction of sp³-hybridized carbons (Fsp3) is 0.429. The van der Waals surface area contributed by atoms with Crippen molar-refractivity contribution < 1.29 is 9.47 Å². The molecule has 3 rings (SSSR count). The fourth-order valence-corrected chi connectivity index (χ4v) is 2.60. The standard InChI is InChI=1S/C14H18N2O2/c1-17-13-4-2-3-12-14(13)10(9-16-12)11-5-7-18-8-6-15-11/h2-4,9,11,15-16H,5-8H2,1H3. The topological polar surface area (TPSA) is 46.3 Å². The SMILES string of the molecule is COc1cccc2[nH]cc(C3CCOCCN3)c12. The lowest BCUT2D eigenvalue weighted by atomic mass is 10.0. The van der Waals surface area contributed by atoms with Crippen molar-refractivity contribution in [2.75, 3.05) is 26.9 Å². The molecule has 0 bridgehead atoms. The van der Waals surface area contributed by atoms with E-state index in [-0.39, 0.29) is 0 Å². The molecule has 0 amide bonds. The van der Waals surface area contributed by atoms with Gasteiger partial charge in [-0.1, -0.05) is 6.07 Å². The van der Waals surface area contributed by atoms with Crippen LogP contribution >= 0.6 is 0 Å². The summed E-state index contributed by atoms with van der Waals surface area (Å²) in [6, 6.07) is 6.42. The van der Waals surface area contributed by atoms with Gasteiger partial charge in [0.25, 0.3) is 0 Å². The Hall–Kier alpha value is -1.52. The summed E-state index contributed by atoms with van der Waals surface area (Å²) in [5.74, 6) is 0.927. The van der Waals surface area contributed by atoms with E-state index < -0.39 is 0 Å². The first-order valence-electron chi connectivity index (χ1n) is 6.35. The normalized spacial score (nSPS) is 20.8. The van der Waals surface area contributed by atoms with Crippen LogP contribution in [0.4, 0.5) is 0 Å². The number of hydrogen-bond donors (Lipinski definition) is 2. The molecule has 0 radical (unpaired) electrons. The highest BCUT2D eigenvalue weighted by Crippen LogP contribution is 2.33. The molecule has 1 aliphatic rings. The number of ether oxygens (including phenoxy) is 2. The number of nitrogens with one attached hydrogen (secondary N) is 2. The summed E-state index contributed by atoms with van der Waals surface area (Å²) < 4.78 is 11.0. The Balaban J connectivity index is 2.05. The summed E-state index contributed by atoms with van der Waals surface area (Å²) in [6.45, 7) is 2.49. The molecule has 1 unspecified atom stereocenters. The molecule has 1 atom stereocenters. The van der Waals surface area contributed by atoms with E-state index in [9.17, 15) is 0 Å². The number of rotatable bonds is 2. The third kappa shape index (κ3) is 1.98. The first kappa shape index (κ1) is 11.6. The second-order valence-electron chi connectivity index (χ2n) is 4.53. The number of methoxy groups -OCH3 is 1. The van der Waals surface area contributed by atoms with E-state index in [4.69, 9.17) is 9.47 Å². The zero-order chi connectivity index (χ0) is 12.4. The van der Waals surface area contributed by atoms with Gasteiger partial charge < -0.3 is 19.8 Å². The molecule has 0 aliphatic carbocycles. The summed E-state index contributed by atoms with van der Waals surface area (Å²) in [6.07, 6.45) is 3.07. The van der Waals surface area contributed by atoms with Crippen molar-refractivity contribution in [2.24, 2.45) is 0 Å². The molecular formula is C14H18N2O2. The minimum Gasteiger partial charge on any atom is -0.496 e. The van der Waals surface area contributed by atoms with E-state index in [2.05, 4.69) is 22.6 Å². The summed E-state index contributed by atoms with van der Waals surface area (Å²) in [5.41, 5.74) is 2.39. The number of benzene rings is 1. The molecule has 1 aromatic heterocycles. The van der Waals surface area contributed by atoms with Gasteiger partial charge in [0, 0.05) is 36.3 Å². The second kappa shape index (κ2) is 5.00. The Morgan fingerprint density at radius 1 is 1.33 bits per heavy atom. The van der Waals surface area contributed by atoms with Crippen LogP contribution < -0.4 is 10.1 Å². The third-order valence-corrected chi connectivity index (χ3v) is 3.48. The Morgan fingerprint density at radius 3 is 3.17 bits per heavy atom. The van der Waals surface area contributed by atoms with Crippen LogP contribution in [-0.4, -0.2) is 31.9 Å². The maximum absolute atomic E-state index is 5.49. The first-order valence-corrected chi connectivity index (χ1v) is 6.35. The van der Waals surface area contributed by atoms with Crippen LogP contribution in [0.15, 0.2) is 24.4 Å². The van der Waals surface area contributed by atoms with Crippen molar-refractivity contribution in [3.8, 4) is 5.75 Å². The molecule has 1 saturated heterocycles. The molecule has 1 aliphatic heterocycles. The summed E-state index contributed by atoms with van der Waals surface area (Å²) in [5, 5.41) is 4.71. The minimum absolute atomic E-state index is 0.331. The Labute approximate surface area is 106 Å². The fourth-order valence-electron chi connectivity index (χ4n) is 2.60. The van der Waals surface area contributed by atoms with Gasteiger partial charge in [-0.05, 0) is 24.1 Å².